The number of hydrogen-bond donors (Lipinski definition) is 1. The summed E-state index contributed by atoms with van der Waals surface area (Å²) in [6, 6.07) is 7.56. The van der Waals surface area contributed by atoms with Crippen LogP contribution in [0.1, 0.15) is 24.3 Å². The summed E-state index contributed by atoms with van der Waals surface area (Å²) in [5.74, 6) is -0.422. The summed E-state index contributed by atoms with van der Waals surface area (Å²) in [7, 11) is 0. The highest BCUT2D eigenvalue weighted by atomic mass is 32.1. The van der Waals surface area contributed by atoms with Gasteiger partial charge in [-0.15, -0.1) is 11.3 Å². The molecule has 0 unspecified atom stereocenters. The Balaban J connectivity index is 1.47. The first kappa shape index (κ1) is 14.0. The van der Waals surface area contributed by atoms with Gasteiger partial charge in [0, 0.05) is 12.8 Å². The Hall–Kier alpha value is -1.95. The van der Waals surface area contributed by atoms with Gasteiger partial charge in [0.1, 0.15) is 6.04 Å². The Morgan fingerprint density at radius 2 is 2.29 bits per heavy atom. The van der Waals surface area contributed by atoms with E-state index in [2.05, 4.69) is 16.4 Å². The van der Waals surface area contributed by atoms with E-state index in [1.165, 1.54) is 4.70 Å². The number of esters is 1. The quantitative estimate of drug-likeness (QED) is 0.858. The number of para-hydroxylation sites is 1. The first-order valence-corrected chi connectivity index (χ1v) is 7.84. The zero-order valence-corrected chi connectivity index (χ0v) is 12.3. The lowest BCUT2D eigenvalue weighted by atomic mass is 10.2. The summed E-state index contributed by atoms with van der Waals surface area (Å²) in [5, 5.41) is 3.76. The van der Waals surface area contributed by atoms with Gasteiger partial charge in [0.15, 0.2) is 0 Å². The zero-order valence-electron chi connectivity index (χ0n) is 11.5. The van der Waals surface area contributed by atoms with E-state index < -0.39 is 6.04 Å². The number of carbonyl (C=O) groups is 2. The predicted octanol–water partition coefficient (Wildman–Crippen LogP) is 2.05. The van der Waals surface area contributed by atoms with Gasteiger partial charge in [-0.3, -0.25) is 4.79 Å². The molecular weight excluding hydrogens is 288 g/mol. The number of aromatic nitrogens is 1. The summed E-state index contributed by atoms with van der Waals surface area (Å²) in [5.41, 5.74) is 1.01. The van der Waals surface area contributed by atoms with Gasteiger partial charge in [-0.05, 0) is 25.0 Å². The Kier molecular flexibility index (Phi) is 4.15. The maximum Gasteiger partial charge on any atom is 0.328 e. The molecule has 2 heterocycles. The largest absolute Gasteiger partial charge is 0.464 e. The van der Waals surface area contributed by atoms with Crippen molar-refractivity contribution in [1.29, 1.82) is 0 Å². The van der Waals surface area contributed by atoms with Gasteiger partial charge >= 0.3 is 5.97 Å². The molecule has 2 aromatic rings. The van der Waals surface area contributed by atoms with Crippen molar-refractivity contribution in [3.8, 4) is 0 Å². The average molecular weight is 304 g/mol. The van der Waals surface area contributed by atoms with Gasteiger partial charge in [-0.25, -0.2) is 9.78 Å². The number of carbonyl (C=O) groups excluding carboxylic acids is 2. The second kappa shape index (κ2) is 6.22. The van der Waals surface area contributed by atoms with Crippen molar-refractivity contribution < 1.29 is 14.3 Å². The zero-order chi connectivity index (χ0) is 14.7. The van der Waals surface area contributed by atoms with Crippen LogP contribution < -0.4 is 5.32 Å². The van der Waals surface area contributed by atoms with Crippen molar-refractivity contribution in [2.24, 2.45) is 0 Å². The third-order valence-electron chi connectivity index (χ3n) is 3.40. The van der Waals surface area contributed by atoms with E-state index in [1.54, 1.807) is 11.3 Å². The summed E-state index contributed by atoms with van der Waals surface area (Å²) in [4.78, 5) is 27.6. The van der Waals surface area contributed by atoms with Crippen molar-refractivity contribution >= 4 is 33.4 Å². The lowest BCUT2D eigenvalue weighted by Crippen LogP contribution is -2.37. The molecule has 1 saturated heterocycles. The van der Waals surface area contributed by atoms with Crippen LogP contribution in [0.2, 0.25) is 0 Å². The molecule has 0 radical (unpaired) electrons. The minimum Gasteiger partial charge on any atom is -0.464 e. The predicted molar refractivity (Wildman–Crippen MR) is 80.1 cm³/mol. The van der Waals surface area contributed by atoms with E-state index in [1.807, 2.05) is 18.2 Å². The maximum absolute atomic E-state index is 11.8. The van der Waals surface area contributed by atoms with Crippen LogP contribution in [0.4, 0.5) is 0 Å². The number of nitrogens with zero attached hydrogens (tertiary/aromatic N) is 1. The van der Waals surface area contributed by atoms with Crippen LogP contribution in [-0.2, 0) is 20.7 Å². The van der Waals surface area contributed by atoms with E-state index in [0.717, 1.165) is 23.4 Å². The molecule has 1 aromatic carbocycles. The molecule has 1 aromatic heterocycles. The monoisotopic (exact) mass is 304 g/mol. The number of cyclic esters (lactones) is 1. The molecule has 110 valence electrons. The molecule has 0 saturated carbocycles. The van der Waals surface area contributed by atoms with Crippen LogP contribution in [0.25, 0.3) is 10.2 Å². The number of rotatable bonds is 5. The molecule has 1 atom stereocenters. The molecule has 21 heavy (non-hydrogen) atoms. The molecule has 5 nitrogen and oxygen atoms in total. The van der Waals surface area contributed by atoms with E-state index in [0.29, 0.717) is 19.4 Å². The molecule has 6 heteroatoms. The Morgan fingerprint density at radius 3 is 3.05 bits per heavy atom. The highest BCUT2D eigenvalue weighted by Gasteiger charge is 2.27. The number of thiazole rings is 1. The Morgan fingerprint density at radius 1 is 1.43 bits per heavy atom. The van der Waals surface area contributed by atoms with Crippen molar-refractivity contribution in [3.63, 3.8) is 0 Å². The molecule has 1 aliphatic rings. The molecule has 0 aliphatic carbocycles. The fourth-order valence-electron chi connectivity index (χ4n) is 2.32. The van der Waals surface area contributed by atoms with E-state index in [-0.39, 0.29) is 11.9 Å². The third kappa shape index (κ3) is 3.39. The van der Waals surface area contributed by atoms with Gasteiger partial charge < -0.3 is 10.1 Å². The number of benzene rings is 1. The molecule has 3 rings (SSSR count). The molecule has 1 fully saturated rings. The van der Waals surface area contributed by atoms with Crippen molar-refractivity contribution in [2.75, 3.05) is 6.61 Å². The number of hydrogen-bond acceptors (Lipinski definition) is 5. The number of fused-ring (bicyclic) bond motifs is 1. The van der Waals surface area contributed by atoms with Crippen molar-refractivity contribution in [3.05, 3.63) is 29.3 Å². The molecular formula is C15H16N2O3S. The molecule has 1 N–H and O–H groups in total. The fraction of sp³-hybridized carbons (Fsp3) is 0.400. The maximum atomic E-state index is 11.8. The number of nitrogens with one attached hydrogen (secondary N) is 1. The lowest BCUT2D eigenvalue weighted by molar-refractivity contribution is -0.141. The minimum atomic E-state index is -0.458. The summed E-state index contributed by atoms with van der Waals surface area (Å²) >= 11 is 1.67. The van der Waals surface area contributed by atoms with Gasteiger partial charge in [-0.2, -0.15) is 0 Å². The fourth-order valence-corrected chi connectivity index (χ4v) is 3.33. The van der Waals surface area contributed by atoms with Crippen molar-refractivity contribution in [1.82, 2.24) is 10.3 Å². The smallest absolute Gasteiger partial charge is 0.328 e. The second-order valence-corrected chi connectivity index (χ2v) is 6.12. The normalized spacial score (nSPS) is 17.9. The second-order valence-electron chi connectivity index (χ2n) is 5.01. The van der Waals surface area contributed by atoms with Crippen LogP contribution in [0.5, 0.6) is 0 Å². The van der Waals surface area contributed by atoms with Crippen LogP contribution in [0, 0.1) is 0 Å². The number of amides is 1. The van der Waals surface area contributed by atoms with Gasteiger partial charge in [0.05, 0.1) is 21.8 Å². The minimum absolute atomic E-state index is 0.0973. The lowest BCUT2D eigenvalue weighted by Gasteiger charge is -2.08. The van der Waals surface area contributed by atoms with Gasteiger partial charge in [-0.1, -0.05) is 12.1 Å². The SMILES string of the molecule is O=C(CCCc1nc2ccccc2s1)N[C@@H]1CCOC1=O. The van der Waals surface area contributed by atoms with E-state index in [9.17, 15) is 9.59 Å². The standard InChI is InChI=1S/C15H16N2O3S/c18-13(16-11-8-9-20-15(11)19)6-3-7-14-17-10-4-1-2-5-12(10)21-14/h1-2,4-5,11H,3,6-9H2,(H,16,18)/t11-/m1/s1. The highest BCUT2D eigenvalue weighted by molar-refractivity contribution is 7.18. The first-order valence-electron chi connectivity index (χ1n) is 7.03. The molecule has 1 aliphatic heterocycles. The average Bonchev–Trinajstić information content (AvgIpc) is 3.05. The van der Waals surface area contributed by atoms with Crippen LogP contribution in [0.3, 0.4) is 0 Å². The highest BCUT2D eigenvalue weighted by Crippen LogP contribution is 2.22. The molecule has 0 bridgehead atoms. The Labute approximate surface area is 126 Å². The van der Waals surface area contributed by atoms with Gasteiger partial charge in [0.2, 0.25) is 5.91 Å². The summed E-state index contributed by atoms with van der Waals surface area (Å²) in [6.07, 6.45) is 2.48. The van der Waals surface area contributed by atoms with Gasteiger partial charge in [0.25, 0.3) is 0 Å². The third-order valence-corrected chi connectivity index (χ3v) is 4.50. The van der Waals surface area contributed by atoms with Crippen molar-refractivity contribution in [2.45, 2.75) is 31.7 Å². The Bertz CT molecular complexity index is 635. The van der Waals surface area contributed by atoms with Crippen LogP contribution >= 0.6 is 11.3 Å². The van der Waals surface area contributed by atoms with Crippen LogP contribution in [0.15, 0.2) is 24.3 Å². The molecule has 0 spiro atoms. The number of ether oxygens (including phenoxy) is 1. The summed E-state index contributed by atoms with van der Waals surface area (Å²) < 4.78 is 5.98. The topological polar surface area (TPSA) is 68.3 Å². The summed E-state index contributed by atoms with van der Waals surface area (Å²) in [6.45, 7) is 0.398. The van der Waals surface area contributed by atoms with E-state index >= 15 is 0 Å². The number of aryl methyl sites for hydroxylation is 1. The molecule has 1 amide bonds. The van der Waals surface area contributed by atoms with Crippen LogP contribution in [-0.4, -0.2) is 29.5 Å². The first-order chi connectivity index (χ1) is 10.2. The van der Waals surface area contributed by atoms with E-state index in [4.69, 9.17) is 4.74 Å².